The molecule has 0 radical (unpaired) electrons. The quantitative estimate of drug-likeness (QED) is 0.646. The number of carbonyl (C=O) groups is 1. The number of alkyl halides is 4. The molecule has 0 aliphatic heterocycles. The topological polar surface area (TPSA) is 46.5 Å². The van der Waals surface area contributed by atoms with Gasteiger partial charge in [-0.1, -0.05) is 6.07 Å². The molecular weight excluding hydrogens is 288 g/mol. The van der Waals surface area contributed by atoms with Gasteiger partial charge in [0, 0.05) is 4.90 Å². The zero-order valence-corrected chi connectivity index (χ0v) is 10.5. The van der Waals surface area contributed by atoms with E-state index in [0.29, 0.717) is 4.90 Å². The second-order valence-electron chi connectivity index (χ2n) is 3.49. The molecule has 0 heterocycles. The van der Waals surface area contributed by atoms with Gasteiger partial charge in [-0.2, -0.15) is 8.78 Å². The molecule has 0 aliphatic rings. The molecule has 0 bridgehead atoms. The predicted octanol–water partition coefficient (Wildman–Crippen LogP) is 3.39. The van der Waals surface area contributed by atoms with Crippen LogP contribution in [0.5, 0.6) is 5.75 Å². The minimum atomic E-state index is -4.33. The average molecular weight is 298 g/mol. The molecule has 1 aromatic rings. The standard InChI is InChI=1S/C11H10F4O3S/c1-19-7-4-2-3-6(8(7)9(16)17)18-5-11(14,15)10(12)13/h2-4,10H,5H2,1H3,(H,16,17). The van der Waals surface area contributed by atoms with Crippen molar-refractivity contribution in [3.8, 4) is 5.75 Å². The van der Waals surface area contributed by atoms with Gasteiger partial charge in [0.15, 0.2) is 6.61 Å². The maximum atomic E-state index is 12.7. The molecule has 0 aliphatic carbocycles. The zero-order chi connectivity index (χ0) is 14.6. The van der Waals surface area contributed by atoms with E-state index in [1.807, 2.05) is 0 Å². The van der Waals surface area contributed by atoms with E-state index in [2.05, 4.69) is 4.74 Å². The van der Waals surface area contributed by atoms with Crippen LogP contribution in [0.2, 0.25) is 0 Å². The van der Waals surface area contributed by atoms with Crippen molar-refractivity contribution >= 4 is 17.7 Å². The highest BCUT2D eigenvalue weighted by molar-refractivity contribution is 7.98. The number of carboxylic acids is 1. The van der Waals surface area contributed by atoms with Crippen LogP contribution in [0.4, 0.5) is 17.6 Å². The lowest BCUT2D eigenvalue weighted by Gasteiger charge is -2.17. The molecule has 0 saturated heterocycles. The first-order chi connectivity index (χ1) is 8.79. The van der Waals surface area contributed by atoms with Crippen LogP contribution in [0.1, 0.15) is 10.4 Å². The van der Waals surface area contributed by atoms with Gasteiger partial charge in [0.05, 0.1) is 0 Å². The lowest BCUT2D eigenvalue weighted by Crippen LogP contribution is -2.34. The molecule has 0 spiro atoms. The number of rotatable bonds is 6. The summed E-state index contributed by atoms with van der Waals surface area (Å²) in [4.78, 5) is 11.3. The Labute approximate surface area is 110 Å². The molecule has 0 aromatic heterocycles. The second kappa shape index (κ2) is 6.14. The number of aromatic carboxylic acids is 1. The molecule has 1 rings (SSSR count). The van der Waals surface area contributed by atoms with Gasteiger partial charge in [-0.25, -0.2) is 13.6 Å². The van der Waals surface area contributed by atoms with Gasteiger partial charge in [-0.05, 0) is 18.4 Å². The first kappa shape index (κ1) is 15.6. The van der Waals surface area contributed by atoms with Crippen molar-refractivity contribution in [1.82, 2.24) is 0 Å². The fourth-order valence-corrected chi connectivity index (χ4v) is 1.86. The molecule has 3 nitrogen and oxygen atoms in total. The van der Waals surface area contributed by atoms with E-state index in [-0.39, 0.29) is 11.3 Å². The Bertz CT molecular complexity index is 465. The Morgan fingerprint density at radius 3 is 2.58 bits per heavy atom. The highest BCUT2D eigenvalue weighted by atomic mass is 32.2. The first-order valence-electron chi connectivity index (χ1n) is 4.98. The normalized spacial score (nSPS) is 11.7. The highest BCUT2D eigenvalue weighted by Crippen LogP contribution is 2.31. The van der Waals surface area contributed by atoms with E-state index >= 15 is 0 Å². The van der Waals surface area contributed by atoms with Crippen molar-refractivity contribution < 1.29 is 32.2 Å². The molecular formula is C11H10F4O3S. The second-order valence-corrected chi connectivity index (χ2v) is 4.34. The number of thioether (sulfide) groups is 1. The Kier molecular flexibility index (Phi) is 5.04. The summed E-state index contributed by atoms with van der Waals surface area (Å²) in [5.74, 6) is -6.06. The minimum absolute atomic E-state index is 0.297. The smallest absolute Gasteiger partial charge is 0.340 e. The summed E-state index contributed by atoms with van der Waals surface area (Å²) in [6.07, 6.45) is -2.27. The Balaban J connectivity index is 2.99. The molecule has 19 heavy (non-hydrogen) atoms. The van der Waals surface area contributed by atoms with Crippen molar-refractivity contribution in [2.24, 2.45) is 0 Å². The van der Waals surface area contributed by atoms with Crippen molar-refractivity contribution in [3.05, 3.63) is 23.8 Å². The number of halogens is 4. The summed E-state index contributed by atoms with van der Waals surface area (Å²) >= 11 is 1.08. The van der Waals surface area contributed by atoms with Crippen LogP contribution in [0.15, 0.2) is 23.1 Å². The molecule has 0 unspecified atom stereocenters. The third kappa shape index (κ3) is 3.76. The van der Waals surface area contributed by atoms with E-state index in [1.54, 1.807) is 6.26 Å². The van der Waals surface area contributed by atoms with Gasteiger partial charge in [-0.15, -0.1) is 11.8 Å². The number of hydrogen-bond donors (Lipinski definition) is 1. The van der Waals surface area contributed by atoms with Gasteiger partial charge in [-0.3, -0.25) is 0 Å². The number of ether oxygens (including phenoxy) is 1. The van der Waals surface area contributed by atoms with Gasteiger partial charge in [0.1, 0.15) is 11.3 Å². The summed E-state index contributed by atoms with van der Waals surface area (Å²) in [5, 5.41) is 8.99. The van der Waals surface area contributed by atoms with E-state index in [0.717, 1.165) is 17.8 Å². The monoisotopic (exact) mass is 298 g/mol. The van der Waals surface area contributed by atoms with Crippen LogP contribution in [0.3, 0.4) is 0 Å². The molecule has 1 N–H and O–H groups in total. The number of benzene rings is 1. The van der Waals surface area contributed by atoms with Crippen LogP contribution in [0.25, 0.3) is 0 Å². The summed E-state index contributed by atoms with van der Waals surface area (Å²) in [6, 6.07) is 4.01. The maximum absolute atomic E-state index is 12.7. The highest BCUT2D eigenvalue weighted by Gasteiger charge is 2.42. The lowest BCUT2D eigenvalue weighted by atomic mass is 10.2. The summed E-state index contributed by atoms with van der Waals surface area (Å²) in [7, 11) is 0. The van der Waals surface area contributed by atoms with Gasteiger partial charge < -0.3 is 9.84 Å². The third-order valence-corrected chi connectivity index (χ3v) is 2.94. The first-order valence-corrected chi connectivity index (χ1v) is 6.21. The largest absolute Gasteiger partial charge is 0.486 e. The van der Waals surface area contributed by atoms with Gasteiger partial charge in [0.25, 0.3) is 0 Å². The Hall–Kier alpha value is -1.44. The molecule has 106 valence electrons. The lowest BCUT2D eigenvalue weighted by molar-refractivity contribution is -0.148. The molecule has 0 amide bonds. The average Bonchev–Trinajstić information content (AvgIpc) is 2.35. The van der Waals surface area contributed by atoms with Crippen molar-refractivity contribution in [3.63, 3.8) is 0 Å². The van der Waals surface area contributed by atoms with Crippen LogP contribution >= 0.6 is 11.8 Å². The van der Waals surface area contributed by atoms with Crippen molar-refractivity contribution in [2.45, 2.75) is 17.2 Å². The summed E-state index contributed by atoms with van der Waals surface area (Å²) < 4.78 is 53.9. The Morgan fingerprint density at radius 2 is 2.11 bits per heavy atom. The van der Waals surface area contributed by atoms with E-state index in [1.165, 1.54) is 12.1 Å². The van der Waals surface area contributed by atoms with E-state index in [4.69, 9.17) is 5.11 Å². The van der Waals surface area contributed by atoms with Crippen LogP contribution in [-0.2, 0) is 0 Å². The fourth-order valence-electron chi connectivity index (χ4n) is 1.25. The molecule has 8 heteroatoms. The summed E-state index contributed by atoms with van der Waals surface area (Å²) in [6.45, 7) is -1.58. The van der Waals surface area contributed by atoms with Crippen molar-refractivity contribution in [1.29, 1.82) is 0 Å². The van der Waals surface area contributed by atoms with Gasteiger partial charge >= 0.3 is 18.3 Å². The SMILES string of the molecule is CSc1cccc(OCC(F)(F)C(F)F)c1C(=O)O. The molecule has 0 atom stereocenters. The summed E-state index contributed by atoms with van der Waals surface area (Å²) in [5.41, 5.74) is -0.319. The maximum Gasteiger partial charge on any atom is 0.340 e. The van der Waals surface area contributed by atoms with Crippen LogP contribution in [-0.4, -0.2) is 36.3 Å². The molecule has 0 fully saturated rings. The Morgan fingerprint density at radius 1 is 1.47 bits per heavy atom. The van der Waals surface area contributed by atoms with Crippen LogP contribution in [0, 0.1) is 0 Å². The zero-order valence-electron chi connectivity index (χ0n) is 9.70. The number of carboxylic acid groups (broad SMARTS) is 1. The van der Waals surface area contributed by atoms with E-state index < -0.39 is 24.9 Å². The molecule has 1 aromatic carbocycles. The van der Waals surface area contributed by atoms with Gasteiger partial charge in [0.2, 0.25) is 0 Å². The number of hydrogen-bond acceptors (Lipinski definition) is 3. The van der Waals surface area contributed by atoms with Crippen molar-refractivity contribution in [2.75, 3.05) is 12.9 Å². The molecule has 0 saturated carbocycles. The minimum Gasteiger partial charge on any atom is -0.486 e. The van der Waals surface area contributed by atoms with E-state index in [9.17, 15) is 22.4 Å². The third-order valence-electron chi connectivity index (χ3n) is 2.16. The predicted molar refractivity (Wildman–Crippen MR) is 61.6 cm³/mol. The van der Waals surface area contributed by atoms with Crippen LogP contribution < -0.4 is 4.74 Å². The fraction of sp³-hybridized carbons (Fsp3) is 0.364.